The fraction of sp³-hybridized carbons (Fsp3) is 0.200. The maximum atomic E-state index is 13.2. The molecule has 5 rings (SSSR count). The fourth-order valence-corrected chi connectivity index (χ4v) is 4.97. The number of phenols is 1. The van der Waals surface area contributed by atoms with Crippen LogP contribution in [0.4, 0.5) is 5.69 Å². The third-order valence-electron chi connectivity index (χ3n) is 5.98. The fourth-order valence-electron chi connectivity index (χ4n) is 4.27. The van der Waals surface area contributed by atoms with Gasteiger partial charge < -0.3 is 24.7 Å². The number of anilines is 1. The third-order valence-corrected chi connectivity index (χ3v) is 6.84. The molecule has 0 radical (unpaired) electrons. The van der Waals surface area contributed by atoms with Gasteiger partial charge in [0.15, 0.2) is 0 Å². The molecule has 7 nitrogen and oxygen atoms in total. The number of ketones is 1. The average molecular weight is 463 g/mol. The molecule has 1 unspecified atom stereocenters. The van der Waals surface area contributed by atoms with Crippen LogP contribution in [0.3, 0.4) is 0 Å². The maximum absolute atomic E-state index is 13.2. The second-order valence-electron chi connectivity index (χ2n) is 8.05. The molecule has 2 N–H and O–H groups in total. The lowest BCUT2D eigenvalue weighted by atomic mass is 9.95. The number of likely N-dealkylation sites (tertiary alicyclic amines) is 1. The predicted octanol–water partition coefficient (Wildman–Crippen LogP) is 3.90. The first-order valence-corrected chi connectivity index (χ1v) is 11.4. The van der Waals surface area contributed by atoms with Gasteiger partial charge in [0.2, 0.25) is 0 Å². The van der Waals surface area contributed by atoms with Crippen molar-refractivity contribution in [2.24, 2.45) is 0 Å². The van der Waals surface area contributed by atoms with Gasteiger partial charge in [0.05, 0.1) is 30.4 Å². The monoisotopic (exact) mass is 462 g/mol. The Hall–Kier alpha value is -3.78. The van der Waals surface area contributed by atoms with Gasteiger partial charge in [-0.2, -0.15) is 0 Å². The summed E-state index contributed by atoms with van der Waals surface area (Å²) >= 11 is 1.49. The zero-order valence-electron chi connectivity index (χ0n) is 17.9. The zero-order chi connectivity index (χ0) is 23.1. The molecule has 1 aromatic heterocycles. The summed E-state index contributed by atoms with van der Waals surface area (Å²) in [4.78, 5) is 30.7. The van der Waals surface area contributed by atoms with Crippen LogP contribution < -0.4 is 9.64 Å². The molecular formula is C25H22N2O5S. The van der Waals surface area contributed by atoms with Crippen molar-refractivity contribution in [1.29, 1.82) is 0 Å². The SMILES string of the molecule is CN1CCOc2ccc(/C(O)=C3/C(=O)C(=O)N(Cc4cccs4)C3c3ccc(O)cc3)cc21. The highest BCUT2D eigenvalue weighted by molar-refractivity contribution is 7.09. The van der Waals surface area contributed by atoms with Crippen molar-refractivity contribution in [2.45, 2.75) is 12.6 Å². The lowest BCUT2D eigenvalue weighted by Gasteiger charge is -2.28. The van der Waals surface area contributed by atoms with Gasteiger partial charge in [-0.3, -0.25) is 9.59 Å². The second kappa shape index (κ2) is 8.29. The third kappa shape index (κ3) is 3.72. The van der Waals surface area contributed by atoms with Gasteiger partial charge in [-0.25, -0.2) is 0 Å². The van der Waals surface area contributed by atoms with Crippen LogP contribution in [-0.2, 0) is 16.1 Å². The minimum Gasteiger partial charge on any atom is -0.508 e. The number of thiophene rings is 1. The number of Topliss-reactive ketones (excluding diaryl/α,β-unsaturated/α-hetero) is 1. The number of hydrogen-bond acceptors (Lipinski definition) is 7. The van der Waals surface area contributed by atoms with Crippen molar-refractivity contribution >= 4 is 34.5 Å². The van der Waals surface area contributed by atoms with Crippen LogP contribution in [0.2, 0.25) is 0 Å². The number of amides is 1. The van der Waals surface area contributed by atoms with Gasteiger partial charge >= 0.3 is 0 Å². The van der Waals surface area contributed by atoms with Crippen molar-refractivity contribution in [3.05, 3.63) is 81.6 Å². The van der Waals surface area contributed by atoms with Crippen LogP contribution in [0.5, 0.6) is 11.5 Å². The molecule has 2 aliphatic heterocycles. The number of carbonyl (C=O) groups excluding carboxylic acids is 2. The Labute approximate surface area is 194 Å². The average Bonchev–Trinajstić information content (AvgIpc) is 3.42. The van der Waals surface area contributed by atoms with E-state index in [0.29, 0.717) is 30.0 Å². The zero-order valence-corrected chi connectivity index (χ0v) is 18.7. The molecule has 3 aromatic rings. The molecule has 0 bridgehead atoms. The molecule has 2 aliphatic rings. The second-order valence-corrected chi connectivity index (χ2v) is 9.08. The van der Waals surface area contributed by atoms with Crippen molar-refractivity contribution in [1.82, 2.24) is 4.90 Å². The molecule has 3 heterocycles. The lowest BCUT2D eigenvalue weighted by Crippen LogP contribution is -2.29. The number of nitrogens with zero attached hydrogens (tertiary/aromatic N) is 2. The number of carbonyl (C=O) groups is 2. The summed E-state index contributed by atoms with van der Waals surface area (Å²) < 4.78 is 5.68. The number of benzene rings is 2. The van der Waals surface area contributed by atoms with Crippen LogP contribution in [0, 0.1) is 0 Å². The Morgan fingerprint density at radius 3 is 2.67 bits per heavy atom. The molecule has 0 spiro atoms. The van der Waals surface area contributed by atoms with E-state index < -0.39 is 17.7 Å². The number of ether oxygens (including phenoxy) is 1. The van der Waals surface area contributed by atoms with E-state index in [9.17, 15) is 19.8 Å². The highest BCUT2D eigenvalue weighted by atomic mass is 32.1. The van der Waals surface area contributed by atoms with Crippen LogP contribution >= 0.6 is 11.3 Å². The van der Waals surface area contributed by atoms with Crippen molar-refractivity contribution in [3.63, 3.8) is 0 Å². The van der Waals surface area contributed by atoms with Gasteiger partial charge in [0.1, 0.15) is 23.9 Å². The van der Waals surface area contributed by atoms with E-state index in [1.807, 2.05) is 29.5 Å². The Morgan fingerprint density at radius 2 is 1.94 bits per heavy atom. The molecule has 1 saturated heterocycles. The molecule has 1 atom stereocenters. The van der Waals surface area contributed by atoms with E-state index in [-0.39, 0.29) is 23.6 Å². The standard InChI is InChI=1S/C25H22N2O5S/c1-26-10-11-32-20-9-6-16(13-19(20)26)23(29)21-22(15-4-7-17(28)8-5-15)27(25(31)24(21)30)14-18-3-2-12-33-18/h2-9,12-13,22,28-29H,10-11,14H2,1H3/b23-21-. The Balaban J connectivity index is 1.64. The van der Waals surface area contributed by atoms with Crippen molar-refractivity contribution < 1.29 is 24.5 Å². The summed E-state index contributed by atoms with van der Waals surface area (Å²) in [6, 6.07) is 14.6. The van der Waals surface area contributed by atoms with E-state index in [0.717, 1.165) is 10.6 Å². The molecule has 1 amide bonds. The Kier molecular flexibility index (Phi) is 5.30. The normalized spacial score (nSPS) is 19.5. The summed E-state index contributed by atoms with van der Waals surface area (Å²) in [5.41, 5.74) is 1.90. The maximum Gasteiger partial charge on any atom is 0.295 e. The van der Waals surface area contributed by atoms with Gasteiger partial charge in [-0.15, -0.1) is 11.3 Å². The molecule has 168 valence electrons. The van der Waals surface area contributed by atoms with E-state index in [1.165, 1.54) is 28.4 Å². The summed E-state index contributed by atoms with van der Waals surface area (Å²) in [5, 5.41) is 23.0. The number of fused-ring (bicyclic) bond motifs is 1. The predicted molar refractivity (Wildman–Crippen MR) is 125 cm³/mol. The van der Waals surface area contributed by atoms with Crippen LogP contribution in [-0.4, -0.2) is 47.0 Å². The summed E-state index contributed by atoms with van der Waals surface area (Å²) in [5.74, 6) is -0.854. The van der Waals surface area contributed by atoms with Gasteiger partial charge in [-0.05, 0) is 47.3 Å². The van der Waals surface area contributed by atoms with E-state index >= 15 is 0 Å². The topological polar surface area (TPSA) is 90.3 Å². The molecule has 8 heteroatoms. The van der Waals surface area contributed by atoms with Gasteiger partial charge in [0, 0.05) is 17.5 Å². The number of hydrogen-bond donors (Lipinski definition) is 2. The molecule has 0 aliphatic carbocycles. The van der Waals surface area contributed by atoms with Crippen molar-refractivity contribution in [2.75, 3.05) is 25.1 Å². The first kappa shape index (κ1) is 21.1. The Bertz CT molecular complexity index is 1250. The van der Waals surface area contributed by atoms with Crippen LogP contribution in [0.1, 0.15) is 22.0 Å². The van der Waals surface area contributed by atoms with Crippen LogP contribution in [0.25, 0.3) is 5.76 Å². The summed E-state index contributed by atoms with van der Waals surface area (Å²) in [6.45, 7) is 1.52. The number of likely N-dealkylation sites (N-methyl/N-ethyl adjacent to an activating group) is 1. The van der Waals surface area contributed by atoms with Gasteiger partial charge in [-0.1, -0.05) is 18.2 Å². The molecule has 0 saturated carbocycles. The number of phenolic OH excluding ortho intramolecular Hbond substituents is 1. The summed E-state index contributed by atoms with van der Waals surface area (Å²) in [6.07, 6.45) is 0. The van der Waals surface area contributed by atoms with E-state index in [1.54, 1.807) is 30.3 Å². The minimum absolute atomic E-state index is 0.0292. The first-order valence-electron chi connectivity index (χ1n) is 10.5. The van der Waals surface area contributed by atoms with Crippen molar-refractivity contribution in [3.8, 4) is 11.5 Å². The van der Waals surface area contributed by atoms with E-state index in [4.69, 9.17) is 4.74 Å². The largest absolute Gasteiger partial charge is 0.508 e. The smallest absolute Gasteiger partial charge is 0.295 e. The number of aliphatic hydroxyl groups excluding tert-OH is 1. The highest BCUT2D eigenvalue weighted by Crippen LogP contribution is 2.42. The lowest BCUT2D eigenvalue weighted by molar-refractivity contribution is -0.140. The highest BCUT2D eigenvalue weighted by Gasteiger charge is 2.46. The molecule has 33 heavy (non-hydrogen) atoms. The van der Waals surface area contributed by atoms with E-state index in [2.05, 4.69) is 0 Å². The minimum atomic E-state index is -0.780. The first-order chi connectivity index (χ1) is 15.9. The number of aliphatic hydroxyl groups is 1. The molecular weight excluding hydrogens is 440 g/mol. The Morgan fingerprint density at radius 1 is 1.15 bits per heavy atom. The van der Waals surface area contributed by atoms with Gasteiger partial charge in [0.25, 0.3) is 11.7 Å². The number of rotatable bonds is 4. The molecule has 2 aromatic carbocycles. The summed E-state index contributed by atoms with van der Waals surface area (Å²) in [7, 11) is 1.93. The van der Waals surface area contributed by atoms with Crippen LogP contribution in [0.15, 0.2) is 65.6 Å². The number of aromatic hydroxyl groups is 1. The molecule has 1 fully saturated rings. The quantitative estimate of drug-likeness (QED) is 0.347.